The summed E-state index contributed by atoms with van der Waals surface area (Å²) < 4.78 is 20.3. The predicted octanol–water partition coefficient (Wildman–Crippen LogP) is 5.21. The fourth-order valence-corrected chi connectivity index (χ4v) is 10.4. The maximum absolute atomic E-state index is 12.1. The van der Waals surface area contributed by atoms with E-state index in [9.17, 15) is 15.0 Å². The number of rotatable bonds is 15. The summed E-state index contributed by atoms with van der Waals surface area (Å²) in [5, 5.41) is 20.0. The SMILES string of the molecule is C1CCOC1.CCN(CC)c1ccc2c(c1)OC1=CC(=[N+](CC)CC)C=CC1C2c1ccccc1C(=O)O.CCN(CC)c1ccc2c(c1)Oc1cc(N(CC)CC)ccc1C2c1ccccc1CO.[AlH3].[Cl-].[H-].[Li+]. The minimum Gasteiger partial charge on any atom is -1.00 e. The summed E-state index contributed by atoms with van der Waals surface area (Å²) in [6.07, 6.45) is 9.00. The molecule has 5 aromatic rings. The van der Waals surface area contributed by atoms with Crippen LogP contribution < -0.4 is 55.4 Å². The van der Waals surface area contributed by atoms with Crippen LogP contribution in [0.25, 0.3) is 0 Å². The van der Waals surface area contributed by atoms with Gasteiger partial charge in [-0.1, -0.05) is 66.7 Å². The molecule has 0 spiro atoms. The molecule has 4 aliphatic rings. The minimum absolute atomic E-state index is 0. The first-order valence-electron chi connectivity index (χ1n) is 25.8. The van der Waals surface area contributed by atoms with Crippen LogP contribution in [0.1, 0.15) is 125 Å². The van der Waals surface area contributed by atoms with Crippen molar-refractivity contribution in [2.24, 2.45) is 5.92 Å². The van der Waals surface area contributed by atoms with Crippen LogP contribution in [0.15, 0.2) is 127 Å². The smallest absolute Gasteiger partial charge is 1.00 e. The maximum atomic E-state index is 12.1. The molecule has 1 saturated heterocycles. The zero-order valence-corrected chi connectivity index (χ0v) is 44.9. The molecule has 13 heteroatoms. The van der Waals surface area contributed by atoms with Crippen molar-refractivity contribution in [1.82, 2.24) is 0 Å². The van der Waals surface area contributed by atoms with Crippen LogP contribution in [0.4, 0.5) is 17.1 Å². The normalized spacial score (nSPS) is 15.6. The van der Waals surface area contributed by atoms with Crippen molar-refractivity contribution >= 4 is 46.1 Å². The van der Waals surface area contributed by atoms with E-state index in [4.69, 9.17) is 14.2 Å². The zero-order valence-electron chi connectivity index (χ0n) is 45.2. The molecule has 73 heavy (non-hydrogen) atoms. The van der Waals surface area contributed by atoms with E-state index in [0.29, 0.717) is 5.56 Å². The molecule has 0 saturated carbocycles. The van der Waals surface area contributed by atoms with Crippen molar-refractivity contribution in [3.05, 3.63) is 166 Å². The first-order chi connectivity index (χ1) is 34.2. The number of aliphatic hydroxyl groups is 1. The Morgan fingerprint density at radius 2 is 1.10 bits per heavy atom. The van der Waals surface area contributed by atoms with Gasteiger partial charge < -0.3 is 53.0 Å². The number of carboxylic acid groups (broad SMARTS) is 1. The molecule has 3 heterocycles. The molecule has 2 unspecified atom stereocenters. The van der Waals surface area contributed by atoms with Gasteiger partial charge >= 0.3 is 24.8 Å². The Morgan fingerprint density at radius 3 is 1.55 bits per heavy atom. The van der Waals surface area contributed by atoms with E-state index in [0.717, 1.165) is 133 Å². The monoisotopic (exact) mass is 1020 g/mol. The Morgan fingerprint density at radius 1 is 0.630 bits per heavy atom. The number of aromatic carboxylic acids is 1. The second kappa shape index (κ2) is 29.2. The van der Waals surface area contributed by atoms with Crippen molar-refractivity contribution in [2.45, 2.75) is 86.7 Å². The first-order valence-corrected chi connectivity index (χ1v) is 25.8. The molecule has 1 fully saturated rings. The van der Waals surface area contributed by atoms with Crippen molar-refractivity contribution in [3.63, 3.8) is 0 Å². The van der Waals surface area contributed by atoms with Crippen LogP contribution in [-0.2, 0) is 11.3 Å². The van der Waals surface area contributed by atoms with Gasteiger partial charge in [-0.25, -0.2) is 9.37 Å². The fourth-order valence-electron chi connectivity index (χ4n) is 10.4. The third-order valence-electron chi connectivity index (χ3n) is 14.3. The maximum Gasteiger partial charge on any atom is 1.00 e. The zero-order chi connectivity index (χ0) is 49.7. The Bertz CT molecular complexity index is 2610. The number of aliphatic hydroxyl groups excluding tert-OH is 1. The van der Waals surface area contributed by atoms with E-state index >= 15 is 0 Å². The number of fused-ring (bicyclic) bond motifs is 4. The van der Waals surface area contributed by atoms with Gasteiger partial charge in [0.25, 0.3) is 0 Å². The Hall–Kier alpha value is -4.94. The third-order valence-corrected chi connectivity index (χ3v) is 14.3. The van der Waals surface area contributed by atoms with Crippen molar-refractivity contribution in [2.75, 3.05) is 80.3 Å². The molecular weight excluding hydrogens is 942 g/mol. The number of halogens is 1. The third kappa shape index (κ3) is 13.7. The summed E-state index contributed by atoms with van der Waals surface area (Å²) >= 11 is 0. The number of carbonyl (C=O) groups is 1. The minimum atomic E-state index is -0.904. The van der Waals surface area contributed by atoms with Gasteiger partial charge in [0.15, 0.2) is 17.4 Å². The van der Waals surface area contributed by atoms with Crippen LogP contribution in [0.3, 0.4) is 0 Å². The second-order valence-electron chi connectivity index (χ2n) is 17.9. The van der Waals surface area contributed by atoms with Crippen molar-refractivity contribution < 1.29 is 66.5 Å². The molecule has 2 N–H and O–H groups in total. The molecule has 0 aromatic heterocycles. The fraction of sp³-hybridized carbons (Fsp3) is 0.400. The first kappa shape index (κ1) is 60.6. The van der Waals surface area contributed by atoms with Crippen LogP contribution in [0.2, 0.25) is 0 Å². The molecule has 5 aromatic carbocycles. The molecule has 9 rings (SSSR count). The summed E-state index contributed by atoms with van der Waals surface area (Å²) in [5.41, 5.74) is 11.1. The molecule has 0 amide bonds. The number of anilines is 3. The van der Waals surface area contributed by atoms with Crippen LogP contribution >= 0.6 is 0 Å². The molecule has 2 atom stereocenters. The number of nitrogens with zero attached hydrogens (tertiary/aromatic N) is 4. The van der Waals surface area contributed by atoms with Crippen molar-refractivity contribution in [3.8, 4) is 17.2 Å². The van der Waals surface area contributed by atoms with Crippen LogP contribution in [-0.4, -0.2) is 109 Å². The standard InChI is InChI=1S/C28H32N2O3.C28H34N2O2.C4H8O.Al.ClH.Li.4H/c1-5-29(6-2)19-13-15-23-25(17-19)33-26-18-20(30(7-3)8-4)14-16-24(26)27(23)21-11-9-10-12-22(21)28(31)32;1-5-29(6-2)21-13-15-24-26(17-21)32-27-18-22(30(7-3)8-4)14-16-25(27)28(24)23-12-10-9-11-20(23)19-31;1-2-4-5-3-1;;;;;;;/h9-18,23,27H,5-8H2,1-4H3;9-18,28,31H,5-8,19H2,1-4H3;1-4H2;;1H;;;;;/q;;;;;+1;;;;-1. The van der Waals surface area contributed by atoms with E-state index in [1.54, 1.807) is 12.1 Å². The summed E-state index contributed by atoms with van der Waals surface area (Å²) in [7, 11) is 0. The van der Waals surface area contributed by atoms with Gasteiger partial charge in [0.2, 0.25) is 5.71 Å². The van der Waals surface area contributed by atoms with Gasteiger partial charge in [-0.05, 0) is 109 Å². The number of allylic oxidation sites excluding steroid dienone is 3. The number of hydrogen-bond acceptors (Lipinski definition) is 8. The summed E-state index contributed by atoms with van der Waals surface area (Å²) in [6.45, 7) is 26.8. The van der Waals surface area contributed by atoms with Crippen molar-refractivity contribution in [1.29, 1.82) is 0 Å². The molecule has 0 bridgehead atoms. The van der Waals surface area contributed by atoms with E-state index < -0.39 is 5.97 Å². The molecule has 1 aliphatic carbocycles. The quantitative estimate of drug-likeness (QED) is 0.106. The van der Waals surface area contributed by atoms with E-state index in [2.05, 4.69) is 160 Å². The number of carboxylic acids is 1. The Balaban J connectivity index is 0.000000339. The summed E-state index contributed by atoms with van der Waals surface area (Å²) in [6, 6.07) is 35.0. The van der Waals surface area contributed by atoms with E-state index in [1.807, 2.05) is 24.3 Å². The summed E-state index contributed by atoms with van der Waals surface area (Å²) in [4.78, 5) is 19.1. The van der Waals surface area contributed by atoms with Gasteiger partial charge in [0.05, 0.1) is 12.2 Å². The second-order valence-corrected chi connectivity index (χ2v) is 17.9. The van der Waals surface area contributed by atoms with Gasteiger partial charge in [-0.15, -0.1) is 0 Å². The number of benzene rings is 5. The largest absolute Gasteiger partial charge is 1.00 e. The number of ether oxygens (including phenoxy) is 3. The van der Waals surface area contributed by atoms with Crippen LogP contribution in [0, 0.1) is 5.92 Å². The molecule has 386 valence electrons. The molecular formula is C60H79AlClLiN4O6. The number of hydrogen-bond donors (Lipinski definition) is 2. The molecule has 0 radical (unpaired) electrons. The van der Waals surface area contributed by atoms with Gasteiger partial charge in [0.1, 0.15) is 36.1 Å². The van der Waals surface area contributed by atoms with E-state index in [1.165, 1.54) is 24.2 Å². The van der Waals surface area contributed by atoms with Gasteiger partial charge in [0, 0.05) is 134 Å². The molecule has 3 aliphatic heterocycles. The Labute approximate surface area is 466 Å². The topological polar surface area (TPSA) is 98.0 Å². The average Bonchev–Trinajstić information content (AvgIpc) is 4.00. The van der Waals surface area contributed by atoms with Crippen LogP contribution in [0.5, 0.6) is 17.2 Å². The average molecular weight is 1020 g/mol. The predicted molar refractivity (Wildman–Crippen MR) is 297 cm³/mol. The van der Waals surface area contributed by atoms with E-state index in [-0.39, 0.29) is 74.4 Å². The Kier molecular flexibility index (Phi) is 24.3. The molecule has 10 nitrogen and oxygen atoms in total. The van der Waals surface area contributed by atoms with Gasteiger partial charge in [-0.2, -0.15) is 0 Å². The van der Waals surface area contributed by atoms with Gasteiger partial charge in [-0.3, -0.25) is 0 Å². The summed E-state index contributed by atoms with van der Waals surface area (Å²) in [5.74, 6) is 2.40.